The lowest BCUT2D eigenvalue weighted by atomic mass is 10.2. The van der Waals surface area contributed by atoms with Gasteiger partial charge in [0.25, 0.3) is 5.91 Å². The minimum Gasteiger partial charge on any atom is -0.350 e. The van der Waals surface area contributed by atoms with Crippen molar-refractivity contribution in [3.8, 4) is 0 Å². The van der Waals surface area contributed by atoms with Crippen LogP contribution in [0.15, 0.2) is 33.6 Å². The van der Waals surface area contributed by atoms with Crippen LogP contribution in [0.4, 0.5) is 4.79 Å². The van der Waals surface area contributed by atoms with E-state index in [9.17, 15) is 9.59 Å². The van der Waals surface area contributed by atoms with Crippen LogP contribution >= 0.6 is 39.9 Å². The van der Waals surface area contributed by atoms with Gasteiger partial charge in [-0.15, -0.1) is 0 Å². The number of urea groups is 1. The topological polar surface area (TPSA) is 75.4 Å². The van der Waals surface area contributed by atoms with E-state index in [4.69, 9.17) is 18.0 Å². The molecule has 0 spiro atoms. The highest BCUT2D eigenvalue weighted by Gasteiger charge is 2.33. The quantitative estimate of drug-likeness (QED) is 0.628. The molecule has 2 rings (SSSR count). The number of carbonyl (C=O) groups is 2. The van der Waals surface area contributed by atoms with Gasteiger partial charge in [0.1, 0.15) is 0 Å². The van der Waals surface area contributed by atoms with Crippen LogP contribution in [0.2, 0.25) is 0 Å². The molecule has 0 saturated carbocycles. The van der Waals surface area contributed by atoms with E-state index < -0.39 is 11.9 Å². The number of nitrogens with one attached hydrogen (secondary N) is 1. The summed E-state index contributed by atoms with van der Waals surface area (Å²) in [5, 5.41) is 0.964. The summed E-state index contributed by atoms with van der Waals surface area (Å²) in [4.78, 5) is 23.2. The van der Waals surface area contributed by atoms with Crippen molar-refractivity contribution in [3.05, 3.63) is 39.2 Å². The van der Waals surface area contributed by atoms with E-state index in [1.54, 1.807) is 6.08 Å². The monoisotopic (exact) mass is 357 g/mol. The zero-order valence-corrected chi connectivity index (χ0v) is 12.6. The Morgan fingerprint density at radius 1 is 1.53 bits per heavy atom. The Kier molecular flexibility index (Phi) is 4.23. The maximum Gasteiger partial charge on any atom is 0.331 e. The number of hydrogen-bond donors (Lipinski definition) is 2. The summed E-state index contributed by atoms with van der Waals surface area (Å²) in [6, 6.07) is 6.64. The van der Waals surface area contributed by atoms with Crippen molar-refractivity contribution in [1.29, 1.82) is 0 Å². The maximum absolute atomic E-state index is 12.0. The SMILES string of the molecule is NC(=O)NN1C(=O)C(=Cc2cccc(Br)c2)SC1=S. The molecule has 0 atom stereocenters. The molecule has 19 heavy (non-hydrogen) atoms. The van der Waals surface area contributed by atoms with Crippen molar-refractivity contribution in [2.24, 2.45) is 5.73 Å². The second-order valence-corrected chi connectivity index (χ2v) is 6.14. The van der Waals surface area contributed by atoms with Crippen LogP contribution in [0.5, 0.6) is 0 Å². The molecule has 0 aliphatic carbocycles. The Hall–Kier alpha value is -1.38. The van der Waals surface area contributed by atoms with Gasteiger partial charge in [0.15, 0.2) is 4.32 Å². The summed E-state index contributed by atoms with van der Waals surface area (Å²) < 4.78 is 1.15. The zero-order chi connectivity index (χ0) is 14.0. The number of halogens is 1. The first-order valence-electron chi connectivity index (χ1n) is 5.07. The number of benzene rings is 1. The van der Waals surface area contributed by atoms with Crippen molar-refractivity contribution in [1.82, 2.24) is 10.4 Å². The Morgan fingerprint density at radius 2 is 2.26 bits per heavy atom. The molecular weight excluding hydrogens is 350 g/mol. The summed E-state index contributed by atoms with van der Waals surface area (Å²) >= 11 is 9.46. The van der Waals surface area contributed by atoms with Gasteiger partial charge >= 0.3 is 6.03 Å². The zero-order valence-electron chi connectivity index (χ0n) is 9.42. The number of hydrazine groups is 1. The van der Waals surface area contributed by atoms with Crippen LogP contribution < -0.4 is 11.2 Å². The average Bonchev–Trinajstić information content (AvgIpc) is 2.57. The van der Waals surface area contributed by atoms with E-state index >= 15 is 0 Å². The van der Waals surface area contributed by atoms with Crippen molar-refractivity contribution in [2.75, 3.05) is 0 Å². The molecule has 1 fully saturated rings. The summed E-state index contributed by atoms with van der Waals surface area (Å²) in [5.41, 5.74) is 8.01. The molecule has 98 valence electrons. The van der Waals surface area contributed by atoms with Crippen LogP contribution in [0.25, 0.3) is 6.08 Å². The average molecular weight is 358 g/mol. The molecule has 1 aromatic carbocycles. The van der Waals surface area contributed by atoms with Gasteiger partial charge in [0.05, 0.1) is 4.91 Å². The summed E-state index contributed by atoms with van der Waals surface area (Å²) in [5.74, 6) is -0.395. The van der Waals surface area contributed by atoms with E-state index in [0.717, 1.165) is 26.8 Å². The van der Waals surface area contributed by atoms with E-state index in [1.807, 2.05) is 24.3 Å². The highest BCUT2D eigenvalue weighted by atomic mass is 79.9. The molecular formula is C11H8BrN3O2S2. The molecule has 1 heterocycles. The fourth-order valence-electron chi connectivity index (χ4n) is 1.42. The molecule has 3 N–H and O–H groups in total. The van der Waals surface area contributed by atoms with Crippen LogP contribution in [-0.4, -0.2) is 21.3 Å². The van der Waals surface area contributed by atoms with E-state index in [0.29, 0.717) is 4.91 Å². The number of rotatable bonds is 2. The number of nitrogens with two attached hydrogens (primary N) is 1. The minimum absolute atomic E-state index is 0.241. The summed E-state index contributed by atoms with van der Waals surface area (Å²) in [7, 11) is 0. The van der Waals surface area contributed by atoms with Gasteiger partial charge in [0, 0.05) is 4.47 Å². The maximum atomic E-state index is 12.0. The van der Waals surface area contributed by atoms with Crippen LogP contribution in [0, 0.1) is 0 Å². The van der Waals surface area contributed by atoms with Gasteiger partial charge in [-0.3, -0.25) is 4.79 Å². The molecule has 1 aliphatic heterocycles. The van der Waals surface area contributed by atoms with Gasteiger partial charge in [-0.05, 0) is 36.0 Å². The van der Waals surface area contributed by atoms with Gasteiger partial charge in [0.2, 0.25) is 0 Å². The Morgan fingerprint density at radius 3 is 2.89 bits per heavy atom. The standard InChI is InChI=1S/C11H8BrN3O2S2/c12-7-3-1-2-6(4-7)5-8-9(16)15(11(18)19-8)14-10(13)17/h1-5H,(H3,13,14,17). The second kappa shape index (κ2) is 5.72. The van der Waals surface area contributed by atoms with Crippen LogP contribution in [0.1, 0.15) is 5.56 Å². The van der Waals surface area contributed by atoms with E-state index in [-0.39, 0.29) is 4.32 Å². The first-order chi connectivity index (χ1) is 8.97. The molecule has 1 aliphatic rings. The van der Waals surface area contributed by atoms with Gasteiger partial charge < -0.3 is 5.73 Å². The lowest BCUT2D eigenvalue weighted by molar-refractivity contribution is -0.123. The fourth-order valence-corrected chi connectivity index (χ4v) is 3.02. The summed E-state index contributed by atoms with van der Waals surface area (Å²) in [6.07, 6.45) is 1.70. The van der Waals surface area contributed by atoms with Crippen molar-refractivity contribution in [3.63, 3.8) is 0 Å². The molecule has 1 aromatic rings. The second-order valence-electron chi connectivity index (χ2n) is 3.55. The number of thioether (sulfide) groups is 1. The number of hydrogen-bond acceptors (Lipinski definition) is 4. The van der Waals surface area contributed by atoms with E-state index in [2.05, 4.69) is 21.4 Å². The number of primary amides is 1. The smallest absolute Gasteiger partial charge is 0.331 e. The predicted octanol–water partition coefficient (Wildman–Crippen LogP) is 2.23. The molecule has 0 bridgehead atoms. The third kappa shape index (κ3) is 3.34. The molecule has 3 amide bonds. The van der Waals surface area contributed by atoms with Crippen molar-refractivity contribution >= 4 is 62.2 Å². The van der Waals surface area contributed by atoms with Gasteiger partial charge in [-0.2, -0.15) is 5.01 Å². The Balaban J connectivity index is 2.25. The molecule has 0 aromatic heterocycles. The van der Waals surface area contributed by atoms with Gasteiger partial charge in [-0.25, -0.2) is 10.2 Å². The lowest BCUT2D eigenvalue weighted by Crippen LogP contribution is -2.47. The Bertz CT molecular complexity index is 603. The highest BCUT2D eigenvalue weighted by Crippen LogP contribution is 2.31. The first kappa shape index (κ1) is 14.0. The predicted molar refractivity (Wildman–Crippen MR) is 81.9 cm³/mol. The minimum atomic E-state index is -0.833. The van der Waals surface area contributed by atoms with E-state index in [1.165, 1.54) is 0 Å². The highest BCUT2D eigenvalue weighted by molar-refractivity contribution is 9.10. The number of amides is 3. The number of carbonyl (C=O) groups excluding carboxylic acids is 2. The normalized spacial score (nSPS) is 17.1. The molecule has 8 heteroatoms. The number of nitrogens with zero attached hydrogens (tertiary/aromatic N) is 1. The van der Waals surface area contributed by atoms with Crippen LogP contribution in [0.3, 0.4) is 0 Å². The number of thiocarbonyl (C=S) groups is 1. The molecule has 0 radical (unpaired) electrons. The Labute approximate surface area is 127 Å². The molecule has 5 nitrogen and oxygen atoms in total. The van der Waals surface area contributed by atoms with Gasteiger partial charge in [-0.1, -0.05) is 39.8 Å². The van der Waals surface area contributed by atoms with Crippen molar-refractivity contribution in [2.45, 2.75) is 0 Å². The van der Waals surface area contributed by atoms with Crippen LogP contribution in [-0.2, 0) is 4.79 Å². The third-order valence-corrected chi connectivity index (χ3v) is 3.96. The fraction of sp³-hybridized carbons (Fsp3) is 0. The molecule has 0 unspecified atom stereocenters. The van der Waals surface area contributed by atoms with Crippen molar-refractivity contribution < 1.29 is 9.59 Å². The molecule has 1 saturated heterocycles. The lowest BCUT2D eigenvalue weighted by Gasteiger charge is -2.12. The third-order valence-electron chi connectivity index (χ3n) is 2.16. The summed E-state index contributed by atoms with van der Waals surface area (Å²) in [6.45, 7) is 0. The largest absolute Gasteiger partial charge is 0.350 e. The first-order valence-corrected chi connectivity index (χ1v) is 7.09.